The van der Waals surface area contributed by atoms with Crippen molar-refractivity contribution < 1.29 is 9.47 Å². The van der Waals surface area contributed by atoms with E-state index >= 15 is 0 Å². The van der Waals surface area contributed by atoms with Crippen LogP contribution in [-0.2, 0) is 4.74 Å². The number of ether oxygens (including phenoxy) is 2. The van der Waals surface area contributed by atoms with Crippen LogP contribution in [0.25, 0.3) is 0 Å². The molecule has 0 radical (unpaired) electrons. The molecule has 1 aromatic rings. The molecule has 0 aromatic heterocycles. The third-order valence-corrected chi connectivity index (χ3v) is 3.00. The van der Waals surface area contributed by atoms with Gasteiger partial charge in [-0.1, -0.05) is 0 Å². The summed E-state index contributed by atoms with van der Waals surface area (Å²) >= 11 is 0. The Kier molecular flexibility index (Phi) is 3.15. The molecule has 0 aliphatic carbocycles. The molecule has 1 fully saturated rings. The standard InChI is InChI=1S/C13H20N2O2/c1-13(2)9-15(6-7-17-13)12-5-4-10(16-3)8-11(12)14/h4-5,8H,6-7,9,14H2,1-3H3. The number of methoxy groups -OCH3 is 1. The molecule has 0 bridgehead atoms. The lowest BCUT2D eigenvalue weighted by Crippen LogP contribution is -2.48. The first-order valence-corrected chi connectivity index (χ1v) is 5.84. The minimum absolute atomic E-state index is 0.120. The monoisotopic (exact) mass is 236 g/mol. The number of rotatable bonds is 2. The van der Waals surface area contributed by atoms with Gasteiger partial charge in [-0.2, -0.15) is 0 Å². The number of nitrogen functional groups attached to an aromatic ring is 1. The molecule has 4 heteroatoms. The highest BCUT2D eigenvalue weighted by atomic mass is 16.5. The van der Waals surface area contributed by atoms with Gasteiger partial charge >= 0.3 is 0 Å². The predicted molar refractivity (Wildman–Crippen MR) is 69.7 cm³/mol. The fraction of sp³-hybridized carbons (Fsp3) is 0.538. The molecule has 1 aliphatic heterocycles. The molecular formula is C13H20N2O2. The van der Waals surface area contributed by atoms with E-state index in [1.807, 2.05) is 18.2 Å². The Bertz CT molecular complexity index is 404. The smallest absolute Gasteiger partial charge is 0.121 e. The molecule has 0 spiro atoms. The van der Waals surface area contributed by atoms with Crippen LogP contribution in [-0.4, -0.2) is 32.4 Å². The van der Waals surface area contributed by atoms with Crippen LogP contribution in [0.2, 0.25) is 0 Å². The molecule has 0 atom stereocenters. The van der Waals surface area contributed by atoms with Gasteiger partial charge in [-0.25, -0.2) is 0 Å². The summed E-state index contributed by atoms with van der Waals surface area (Å²) in [5, 5.41) is 0. The molecule has 0 amide bonds. The van der Waals surface area contributed by atoms with Crippen molar-refractivity contribution in [3.05, 3.63) is 18.2 Å². The lowest BCUT2D eigenvalue weighted by Gasteiger charge is -2.39. The minimum Gasteiger partial charge on any atom is -0.497 e. The summed E-state index contributed by atoms with van der Waals surface area (Å²) < 4.78 is 10.8. The third-order valence-electron chi connectivity index (χ3n) is 3.00. The summed E-state index contributed by atoms with van der Waals surface area (Å²) in [5.74, 6) is 0.791. The van der Waals surface area contributed by atoms with Crippen LogP contribution in [0.4, 0.5) is 11.4 Å². The molecule has 1 aromatic carbocycles. The minimum atomic E-state index is -0.120. The van der Waals surface area contributed by atoms with Gasteiger partial charge in [0.25, 0.3) is 0 Å². The predicted octanol–water partition coefficient (Wildman–Crippen LogP) is 1.89. The summed E-state index contributed by atoms with van der Waals surface area (Å²) in [4.78, 5) is 2.26. The molecule has 94 valence electrons. The van der Waals surface area contributed by atoms with Crippen LogP contribution >= 0.6 is 0 Å². The fourth-order valence-corrected chi connectivity index (χ4v) is 2.17. The van der Waals surface area contributed by atoms with Crippen molar-refractivity contribution in [2.75, 3.05) is 37.4 Å². The maximum atomic E-state index is 6.05. The largest absolute Gasteiger partial charge is 0.497 e. The molecular weight excluding hydrogens is 216 g/mol. The normalized spacial score (nSPS) is 19.1. The Morgan fingerprint density at radius 2 is 2.18 bits per heavy atom. The molecule has 2 rings (SSSR count). The SMILES string of the molecule is COc1ccc(N2CCOC(C)(C)C2)c(N)c1. The lowest BCUT2D eigenvalue weighted by atomic mass is 10.1. The topological polar surface area (TPSA) is 47.7 Å². The molecule has 2 N–H and O–H groups in total. The number of hydrogen-bond donors (Lipinski definition) is 1. The van der Waals surface area contributed by atoms with Crippen molar-refractivity contribution in [3.8, 4) is 5.75 Å². The van der Waals surface area contributed by atoms with Crippen molar-refractivity contribution in [1.82, 2.24) is 0 Å². The molecule has 0 saturated carbocycles. The number of nitrogens with zero attached hydrogens (tertiary/aromatic N) is 1. The summed E-state index contributed by atoms with van der Waals surface area (Å²) in [6, 6.07) is 5.81. The van der Waals surface area contributed by atoms with Crippen LogP contribution < -0.4 is 15.4 Å². The van der Waals surface area contributed by atoms with Gasteiger partial charge in [0, 0.05) is 19.2 Å². The highest BCUT2D eigenvalue weighted by Crippen LogP contribution is 2.30. The average molecular weight is 236 g/mol. The van der Waals surface area contributed by atoms with E-state index in [2.05, 4.69) is 18.7 Å². The summed E-state index contributed by atoms with van der Waals surface area (Å²) in [7, 11) is 1.65. The number of anilines is 2. The van der Waals surface area contributed by atoms with E-state index in [-0.39, 0.29) is 5.60 Å². The van der Waals surface area contributed by atoms with E-state index in [4.69, 9.17) is 15.2 Å². The highest BCUT2D eigenvalue weighted by Gasteiger charge is 2.28. The third kappa shape index (κ3) is 2.64. The van der Waals surface area contributed by atoms with Crippen LogP contribution in [0.3, 0.4) is 0 Å². The van der Waals surface area contributed by atoms with Gasteiger partial charge in [-0.05, 0) is 26.0 Å². The van der Waals surface area contributed by atoms with Gasteiger partial charge in [-0.3, -0.25) is 0 Å². The van der Waals surface area contributed by atoms with Gasteiger partial charge < -0.3 is 20.1 Å². The van der Waals surface area contributed by atoms with E-state index < -0.39 is 0 Å². The van der Waals surface area contributed by atoms with E-state index in [0.717, 1.165) is 36.8 Å². The highest BCUT2D eigenvalue weighted by molar-refractivity contribution is 5.69. The second kappa shape index (κ2) is 4.45. The summed E-state index contributed by atoms with van der Waals surface area (Å²) in [6.07, 6.45) is 0. The first-order valence-electron chi connectivity index (χ1n) is 5.84. The van der Waals surface area contributed by atoms with Gasteiger partial charge in [0.15, 0.2) is 0 Å². The van der Waals surface area contributed by atoms with Gasteiger partial charge in [0.1, 0.15) is 5.75 Å². The molecule has 1 saturated heterocycles. The zero-order chi connectivity index (χ0) is 12.5. The molecule has 1 aliphatic rings. The van der Waals surface area contributed by atoms with Gasteiger partial charge in [0.05, 0.1) is 30.7 Å². The molecule has 17 heavy (non-hydrogen) atoms. The summed E-state index contributed by atoms with van der Waals surface area (Å²) in [5.41, 5.74) is 7.74. The van der Waals surface area contributed by atoms with Crippen LogP contribution in [0.15, 0.2) is 18.2 Å². The maximum absolute atomic E-state index is 6.05. The fourth-order valence-electron chi connectivity index (χ4n) is 2.17. The average Bonchev–Trinajstić information content (AvgIpc) is 2.27. The van der Waals surface area contributed by atoms with Gasteiger partial charge in [0.2, 0.25) is 0 Å². The number of nitrogens with two attached hydrogens (primary N) is 1. The molecule has 1 heterocycles. The zero-order valence-corrected chi connectivity index (χ0v) is 10.7. The quantitative estimate of drug-likeness (QED) is 0.797. The number of morpholine rings is 1. The van der Waals surface area contributed by atoms with Crippen molar-refractivity contribution in [2.24, 2.45) is 0 Å². The second-order valence-corrected chi connectivity index (χ2v) is 4.95. The van der Waals surface area contributed by atoms with Crippen LogP contribution in [0.1, 0.15) is 13.8 Å². The second-order valence-electron chi connectivity index (χ2n) is 4.95. The Balaban J connectivity index is 2.22. The van der Waals surface area contributed by atoms with Crippen molar-refractivity contribution in [1.29, 1.82) is 0 Å². The van der Waals surface area contributed by atoms with Crippen LogP contribution in [0, 0.1) is 0 Å². The number of hydrogen-bond acceptors (Lipinski definition) is 4. The van der Waals surface area contributed by atoms with Crippen molar-refractivity contribution in [3.63, 3.8) is 0 Å². The van der Waals surface area contributed by atoms with E-state index in [1.54, 1.807) is 7.11 Å². The first-order chi connectivity index (χ1) is 8.02. The maximum Gasteiger partial charge on any atom is 0.121 e. The Hall–Kier alpha value is -1.42. The first kappa shape index (κ1) is 12.0. The summed E-state index contributed by atoms with van der Waals surface area (Å²) in [6.45, 7) is 6.65. The lowest BCUT2D eigenvalue weighted by molar-refractivity contribution is -0.0276. The Morgan fingerprint density at radius 3 is 2.76 bits per heavy atom. The van der Waals surface area contributed by atoms with Crippen LogP contribution in [0.5, 0.6) is 5.75 Å². The molecule has 4 nitrogen and oxygen atoms in total. The van der Waals surface area contributed by atoms with E-state index in [9.17, 15) is 0 Å². The van der Waals surface area contributed by atoms with Crippen molar-refractivity contribution >= 4 is 11.4 Å². The van der Waals surface area contributed by atoms with E-state index in [0.29, 0.717) is 0 Å². The van der Waals surface area contributed by atoms with Crippen molar-refractivity contribution in [2.45, 2.75) is 19.4 Å². The molecule has 0 unspecified atom stereocenters. The Labute approximate surface area is 102 Å². The van der Waals surface area contributed by atoms with Gasteiger partial charge in [-0.15, -0.1) is 0 Å². The Morgan fingerprint density at radius 1 is 1.41 bits per heavy atom. The zero-order valence-electron chi connectivity index (χ0n) is 10.7. The number of benzene rings is 1. The van der Waals surface area contributed by atoms with E-state index in [1.165, 1.54) is 0 Å².